The Kier molecular flexibility index (Phi) is 3.37. The minimum atomic E-state index is 0.00991. The molecule has 3 heteroatoms. The Bertz CT molecular complexity index is 492. The number of hydrogen-bond donors (Lipinski definition) is 0. The summed E-state index contributed by atoms with van der Waals surface area (Å²) in [5.41, 5.74) is 0.725. The molecule has 0 radical (unpaired) electrons. The molecule has 0 saturated carbocycles. The second-order valence-corrected chi connectivity index (χ2v) is 4.15. The number of aryl methyl sites for hydroxylation is 1. The molecule has 0 aliphatic carbocycles. The van der Waals surface area contributed by atoms with E-state index in [0.29, 0.717) is 0 Å². The van der Waals surface area contributed by atoms with Crippen molar-refractivity contribution in [2.75, 3.05) is 0 Å². The van der Waals surface area contributed by atoms with Crippen molar-refractivity contribution in [3.8, 4) is 0 Å². The zero-order valence-corrected chi connectivity index (χ0v) is 9.79. The van der Waals surface area contributed by atoms with Crippen molar-refractivity contribution >= 4 is 23.2 Å². The normalized spacial score (nSPS) is 11.1. The second kappa shape index (κ2) is 4.94. The standard InChI is InChI=1S/C13H12O2S/c1-2-11-3-4-12(15-11)5-6-13(14)10-7-8-16-9-10/h3-9H,2H2,1H3/b6-5+. The average Bonchev–Trinajstić information content (AvgIpc) is 2.96. The minimum Gasteiger partial charge on any atom is -0.462 e. The first-order valence-corrected chi connectivity index (χ1v) is 6.07. The molecule has 16 heavy (non-hydrogen) atoms. The van der Waals surface area contributed by atoms with Crippen LogP contribution in [0.2, 0.25) is 0 Å². The van der Waals surface area contributed by atoms with E-state index < -0.39 is 0 Å². The molecule has 0 saturated heterocycles. The van der Waals surface area contributed by atoms with Gasteiger partial charge in [0.15, 0.2) is 5.78 Å². The third kappa shape index (κ3) is 2.49. The molecule has 0 N–H and O–H groups in total. The van der Waals surface area contributed by atoms with E-state index in [1.54, 1.807) is 12.2 Å². The smallest absolute Gasteiger partial charge is 0.186 e. The van der Waals surface area contributed by atoms with Gasteiger partial charge in [0.25, 0.3) is 0 Å². The molecule has 82 valence electrons. The highest BCUT2D eigenvalue weighted by Gasteiger charge is 2.02. The maximum atomic E-state index is 11.6. The van der Waals surface area contributed by atoms with Gasteiger partial charge in [-0.2, -0.15) is 11.3 Å². The molecule has 0 amide bonds. The third-order valence-corrected chi connectivity index (χ3v) is 2.92. The number of rotatable bonds is 4. The van der Waals surface area contributed by atoms with Crippen LogP contribution in [0.4, 0.5) is 0 Å². The van der Waals surface area contributed by atoms with Crippen molar-refractivity contribution in [1.82, 2.24) is 0 Å². The predicted octanol–water partition coefficient (Wildman–Crippen LogP) is 3.80. The van der Waals surface area contributed by atoms with E-state index in [1.807, 2.05) is 35.9 Å². The van der Waals surface area contributed by atoms with E-state index in [0.717, 1.165) is 23.5 Å². The van der Waals surface area contributed by atoms with Crippen molar-refractivity contribution in [2.24, 2.45) is 0 Å². The number of hydrogen-bond acceptors (Lipinski definition) is 3. The van der Waals surface area contributed by atoms with E-state index in [9.17, 15) is 4.79 Å². The molecule has 2 aromatic rings. The lowest BCUT2D eigenvalue weighted by Crippen LogP contribution is -1.89. The number of carbonyl (C=O) groups is 1. The zero-order chi connectivity index (χ0) is 11.4. The van der Waals surface area contributed by atoms with Crippen molar-refractivity contribution in [3.05, 3.63) is 52.1 Å². The lowest BCUT2D eigenvalue weighted by molar-refractivity contribution is 0.104. The summed E-state index contributed by atoms with van der Waals surface area (Å²) in [5.74, 6) is 1.67. The Labute approximate surface area is 98.2 Å². The summed E-state index contributed by atoms with van der Waals surface area (Å²) >= 11 is 1.52. The number of allylic oxidation sites excluding steroid dienone is 1. The van der Waals surface area contributed by atoms with Crippen LogP contribution in [0.15, 0.2) is 39.5 Å². The molecule has 0 aliphatic heterocycles. The third-order valence-electron chi connectivity index (χ3n) is 2.24. The zero-order valence-electron chi connectivity index (χ0n) is 8.97. The van der Waals surface area contributed by atoms with Crippen LogP contribution < -0.4 is 0 Å². The van der Waals surface area contributed by atoms with Gasteiger partial charge < -0.3 is 4.42 Å². The summed E-state index contributed by atoms with van der Waals surface area (Å²) in [6, 6.07) is 5.61. The number of carbonyl (C=O) groups excluding carboxylic acids is 1. The first kappa shape index (κ1) is 10.9. The lowest BCUT2D eigenvalue weighted by Gasteiger charge is -1.88. The lowest BCUT2D eigenvalue weighted by atomic mass is 10.2. The van der Waals surface area contributed by atoms with Gasteiger partial charge >= 0.3 is 0 Å². The van der Waals surface area contributed by atoms with Gasteiger partial charge in [-0.3, -0.25) is 4.79 Å². The first-order chi connectivity index (χ1) is 7.79. The number of furan rings is 1. The van der Waals surface area contributed by atoms with E-state index >= 15 is 0 Å². The Morgan fingerprint density at radius 1 is 1.44 bits per heavy atom. The fraction of sp³-hybridized carbons (Fsp3) is 0.154. The SMILES string of the molecule is CCc1ccc(/C=C/C(=O)c2ccsc2)o1. The summed E-state index contributed by atoms with van der Waals surface area (Å²) in [4.78, 5) is 11.6. The van der Waals surface area contributed by atoms with Crippen molar-refractivity contribution in [2.45, 2.75) is 13.3 Å². The minimum absolute atomic E-state index is 0.00991. The van der Waals surface area contributed by atoms with E-state index in [4.69, 9.17) is 4.42 Å². The fourth-order valence-corrected chi connectivity index (χ4v) is 1.98. The van der Waals surface area contributed by atoms with Crippen LogP contribution in [0.5, 0.6) is 0 Å². The molecule has 0 fully saturated rings. The van der Waals surface area contributed by atoms with E-state index in [-0.39, 0.29) is 5.78 Å². The molecular formula is C13H12O2S. The van der Waals surface area contributed by atoms with Gasteiger partial charge in [-0.25, -0.2) is 0 Å². The van der Waals surface area contributed by atoms with Crippen LogP contribution in [0.1, 0.15) is 28.8 Å². The highest BCUT2D eigenvalue weighted by Crippen LogP contribution is 2.12. The van der Waals surface area contributed by atoms with Crippen LogP contribution in [0.3, 0.4) is 0 Å². The van der Waals surface area contributed by atoms with Gasteiger partial charge in [0, 0.05) is 17.4 Å². The van der Waals surface area contributed by atoms with Crippen molar-refractivity contribution < 1.29 is 9.21 Å². The highest BCUT2D eigenvalue weighted by atomic mass is 32.1. The number of ketones is 1. The fourth-order valence-electron chi connectivity index (χ4n) is 1.33. The van der Waals surface area contributed by atoms with Crippen LogP contribution in [0, 0.1) is 0 Å². The molecule has 0 bridgehead atoms. The van der Waals surface area contributed by atoms with Crippen LogP contribution in [-0.4, -0.2) is 5.78 Å². The van der Waals surface area contributed by atoms with Gasteiger partial charge in [-0.15, -0.1) is 0 Å². The maximum Gasteiger partial charge on any atom is 0.186 e. The molecule has 0 aliphatic rings. The quantitative estimate of drug-likeness (QED) is 0.593. The Morgan fingerprint density at radius 3 is 2.94 bits per heavy atom. The maximum absolute atomic E-state index is 11.6. The second-order valence-electron chi connectivity index (χ2n) is 3.37. The van der Waals surface area contributed by atoms with E-state index in [2.05, 4.69) is 0 Å². The van der Waals surface area contributed by atoms with Crippen LogP contribution in [0.25, 0.3) is 6.08 Å². The summed E-state index contributed by atoms with van der Waals surface area (Å²) < 4.78 is 5.46. The molecule has 2 heterocycles. The molecule has 2 aromatic heterocycles. The summed E-state index contributed by atoms with van der Waals surface area (Å²) in [6.07, 6.45) is 4.12. The predicted molar refractivity (Wildman–Crippen MR) is 65.8 cm³/mol. The summed E-state index contributed by atoms with van der Waals surface area (Å²) in [5, 5.41) is 3.73. The summed E-state index contributed by atoms with van der Waals surface area (Å²) in [7, 11) is 0. The Balaban J connectivity index is 2.07. The molecule has 2 rings (SSSR count). The molecule has 2 nitrogen and oxygen atoms in total. The van der Waals surface area contributed by atoms with Gasteiger partial charge in [0.2, 0.25) is 0 Å². The van der Waals surface area contributed by atoms with Crippen LogP contribution in [-0.2, 0) is 6.42 Å². The topological polar surface area (TPSA) is 30.2 Å². The molecule has 0 spiro atoms. The Hall–Kier alpha value is -1.61. The summed E-state index contributed by atoms with van der Waals surface area (Å²) in [6.45, 7) is 2.03. The number of thiophene rings is 1. The van der Waals surface area contributed by atoms with Gasteiger partial charge in [0.05, 0.1) is 0 Å². The highest BCUT2D eigenvalue weighted by molar-refractivity contribution is 7.08. The van der Waals surface area contributed by atoms with Gasteiger partial charge in [-0.05, 0) is 35.7 Å². The van der Waals surface area contributed by atoms with Gasteiger partial charge in [0.1, 0.15) is 11.5 Å². The largest absolute Gasteiger partial charge is 0.462 e. The molecule has 0 atom stereocenters. The van der Waals surface area contributed by atoms with Crippen LogP contribution >= 0.6 is 11.3 Å². The van der Waals surface area contributed by atoms with Crippen molar-refractivity contribution in [1.29, 1.82) is 0 Å². The molecule has 0 aromatic carbocycles. The molecule has 0 unspecified atom stereocenters. The van der Waals surface area contributed by atoms with E-state index in [1.165, 1.54) is 11.3 Å². The molecular weight excluding hydrogens is 220 g/mol. The first-order valence-electron chi connectivity index (χ1n) is 5.13. The average molecular weight is 232 g/mol. The monoisotopic (exact) mass is 232 g/mol. The van der Waals surface area contributed by atoms with Crippen molar-refractivity contribution in [3.63, 3.8) is 0 Å². The van der Waals surface area contributed by atoms with Gasteiger partial charge in [-0.1, -0.05) is 6.92 Å². The Morgan fingerprint density at radius 2 is 2.31 bits per heavy atom.